The van der Waals surface area contributed by atoms with Gasteiger partial charge < -0.3 is 36.1 Å². The minimum atomic E-state index is -1.54. The van der Waals surface area contributed by atoms with Crippen LogP contribution < -0.4 is 26.6 Å². The third-order valence-corrected chi connectivity index (χ3v) is 7.62. The highest BCUT2D eigenvalue weighted by Crippen LogP contribution is 2.14. The van der Waals surface area contributed by atoms with Crippen molar-refractivity contribution in [2.24, 2.45) is 0 Å². The average molecular weight is 740 g/mol. The molecule has 1 atom stereocenters. The quantitative estimate of drug-likeness (QED) is 0.119. The third kappa shape index (κ3) is 13.4. The summed E-state index contributed by atoms with van der Waals surface area (Å²) in [6.07, 6.45) is 2.02. The Labute approximate surface area is 316 Å². The molecular weight excluding hydrogens is 690 g/mol. The van der Waals surface area contributed by atoms with Crippen molar-refractivity contribution in [3.05, 3.63) is 119 Å². The van der Waals surface area contributed by atoms with Gasteiger partial charge in [0, 0.05) is 6.42 Å². The lowest BCUT2D eigenvalue weighted by Crippen LogP contribution is -2.57. The molecule has 0 saturated heterocycles. The van der Waals surface area contributed by atoms with E-state index in [9.17, 15) is 28.8 Å². The van der Waals surface area contributed by atoms with Crippen LogP contribution in [0.3, 0.4) is 0 Å². The van der Waals surface area contributed by atoms with E-state index in [4.69, 9.17) is 9.47 Å². The summed E-state index contributed by atoms with van der Waals surface area (Å²) in [5.41, 5.74) is -2.44. The van der Waals surface area contributed by atoms with E-state index in [1.165, 1.54) is 47.0 Å². The summed E-state index contributed by atoms with van der Waals surface area (Å²) in [5, 5.41) is 13.1. The van der Waals surface area contributed by atoms with Crippen LogP contribution in [0.15, 0.2) is 102 Å². The van der Waals surface area contributed by atoms with Crippen molar-refractivity contribution in [3.63, 3.8) is 0 Å². The van der Waals surface area contributed by atoms with Gasteiger partial charge in [0.1, 0.15) is 34.1 Å². The van der Waals surface area contributed by atoms with Crippen molar-refractivity contribution in [3.8, 4) is 0 Å². The maximum Gasteiger partial charge on any atom is 0.408 e. The molecule has 13 nitrogen and oxygen atoms in total. The van der Waals surface area contributed by atoms with Gasteiger partial charge in [0.25, 0.3) is 11.8 Å². The second-order valence-corrected chi connectivity index (χ2v) is 14.4. The molecule has 0 spiro atoms. The van der Waals surface area contributed by atoms with Crippen LogP contribution >= 0.6 is 0 Å². The predicted octanol–water partition coefficient (Wildman–Crippen LogP) is 4.40. The second-order valence-electron chi connectivity index (χ2n) is 14.4. The van der Waals surface area contributed by atoms with E-state index in [-0.39, 0.29) is 17.8 Å². The molecule has 286 valence electrons. The number of hydrogen-bond donors (Lipinski definition) is 5. The maximum absolute atomic E-state index is 14.1. The summed E-state index contributed by atoms with van der Waals surface area (Å²) < 4.78 is 10.1. The van der Waals surface area contributed by atoms with Gasteiger partial charge in [-0.15, -0.1) is 0 Å². The fraction of sp³-hybridized carbons (Fsp3) is 0.317. The van der Waals surface area contributed by atoms with E-state index in [0.29, 0.717) is 16.7 Å². The molecule has 0 aliphatic rings. The molecule has 0 radical (unpaired) electrons. The van der Waals surface area contributed by atoms with Gasteiger partial charge in [0.15, 0.2) is 0 Å². The Kier molecular flexibility index (Phi) is 14.4. The van der Waals surface area contributed by atoms with Crippen molar-refractivity contribution >= 4 is 47.8 Å². The molecule has 0 saturated carbocycles. The van der Waals surface area contributed by atoms with Gasteiger partial charge in [-0.05, 0) is 77.3 Å². The van der Waals surface area contributed by atoms with Crippen molar-refractivity contribution in [1.82, 2.24) is 26.6 Å². The van der Waals surface area contributed by atoms with Crippen molar-refractivity contribution in [2.45, 2.75) is 77.6 Å². The topological polar surface area (TPSA) is 181 Å². The number of carbonyl (C=O) groups excluding carboxylic acids is 6. The number of hydrogen-bond acceptors (Lipinski definition) is 8. The fourth-order valence-corrected chi connectivity index (χ4v) is 4.82. The van der Waals surface area contributed by atoms with E-state index in [1.54, 1.807) is 112 Å². The van der Waals surface area contributed by atoms with E-state index in [1.807, 2.05) is 0 Å². The largest absolute Gasteiger partial charge is 0.467 e. The highest BCUT2D eigenvalue weighted by atomic mass is 16.6. The zero-order valence-corrected chi connectivity index (χ0v) is 31.9. The van der Waals surface area contributed by atoms with Gasteiger partial charge >= 0.3 is 12.1 Å². The smallest absolute Gasteiger partial charge is 0.408 e. The van der Waals surface area contributed by atoms with Crippen molar-refractivity contribution in [2.75, 3.05) is 7.11 Å². The molecular formula is C41H49N5O8. The predicted molar refractivity (Wildman–Crippen MR) is 205 cm³/mol. The lowest BCUT2D eigenvalue weighted by atomic mass is 10.0. The number of nitrogens with one attached hydrogen (secondary N) is 5. The highest BCUT2D eigenvalue weighted by molar-refractivity contribution is 6.07. The van der Waals surface area contributed by atoms with Gasteiger partial charge in [-0.25, -0.2) is 9.59 Å². The number of methoxy groups -OCH3 is 1. The van der Waals surface area contributed by atoms with Crippen LogP contribution in [0.5, 0.6) is 0 Å². The highest BCUT2D eigenvalue weighted by Gasteiger charge is 2.35. The molecule has 5 N–H and O–H groups in total. The van der Waals surface area contributed by atoms with Crippen LogP contribution in [-0.4, -0.2) is 65.5 Å². The molecule has 0 heterocycles. The van der Waals surface area contributed by atoms with Gasteiger partial charge in [-0.3, -0.25) is 19.2 Å². The Morgan fingerprint density at radius 2 is 1.11 bits per heavy atom. The number of esters is 1. The van der Waals surface area contributed by atoms with Gasteiger partial charge in [-0.2, -0.15) is 0 Å². The molecule has 13 heteroatoms. The van der Waals surface area contributed by atoms with Crippen LogP contribution in [-0.2, 0) is 39.9 Å². The summed E-state index contributed by atoms with van der Waals surface area (Å²) in [5.74, 6) is -3.84. The Morgan fingerprint density at radius 3 is 1.59 bits per heavy atom. The normalized spacial score (nSPS) is 12.7. The molecule has 54 heavy (non-hydrogen) atoms. The maximum atomic E-state index is 14.1. The minimum Gasteiger partial charge on any atom is -0.467 e. The number of benzene rings is 3. The number of rotatable bonds is 14. The van der Waals surface area contributed by atoms with Gasteiger partial charge in [-0.1, -0.05) is 91.0 Å². The van der Waals surface area contributed by atoms with Crippen LogP contribution in [0.2, 0.25) is 0 Å². The Bertz CT molecular complexity index is 1870. The monoisotopic (exact) mass is 739 g/mol. The molecule has 3 rings (SSSR count). The number of amides is 5. The summed E-state index contributed by atoms with van der Waals surface area (Å²) in [6.45, 7) is 10.9. The third-order valence-electron chi connectivity index (χ3n) is 7.62. The van der Waals surface area contributed by atoms with E-state index >= 15 is 0 Å². The van der Waals surface area contributed by atoms with E-state index in [0.717, 1.165) is 0 Å². The number of carbonyl (C=O) groups is 6. The average Bonchev–Trinajstić information content (AvgIpc) is 3.10. The fourth-order valence-electron chi connectivity index (χ4n) is 4.82. The van der Waals surface area contributed by atoms with Crippen LogP contribution in [0.4, 0.5) is 4.79 Å². The second kappa shape index (κ2) is 18.5. The van der Waals surface area contributed by atoms with Crippen LogP contribution in [0.25, 0.3) is 12.2 Å². The Hall–Kier alpha value is -6.24. The van der Waals surface area contributed by atoms with Crippen LogP contribution in [0.1, 0.15) is 65.2 Å². The standard InChI is InChI=1S/C41H49N5O8/c1-39(2,3)54-38(52)46-40(4,5)36(50)44-31(25-28-20-14-10-15-21-28)34(48)42-30(24-27-18-12-9-13-19-27)33(47)43-32(26-29-22-16-11-17-23-29)35(49)45-41(6,7)37(51)53-8/h9-23,25-26,30H,24H2,1-8H3,(H,42,48)(H,43,47)(H,44,50)(H,45,49)(H,46,52)/b31-25-,32-26+/t30-/m0/s1. The number of alkyl carbamates (subject to hydrolysis) is 1. The number of ether oxygens (including phenoxy) is 2. The van der Waals surface area contributed by atoms with Crippen LogP contribution in [0, 0.1) is 0 Å². The first-order chi connectivity index (χ1) is 25.3. The first-order valence-electron chi connectivity index (χ1n) is 17.2. The van der Waals surface area contributed by atoms with Crippen molar-refractivity contribution < 1.29 is 38.2 Å². The Balaban J connectivity index is 2.00. The summed E-state index contributed by atoms with van der Waals surface area (Å²) in [6, 6.07) is 25.0. The molecule has 0 aliphatic carbocycles. The first-order valence-corrected chi connectivity index (χ1v) is 17.2. The summed E-state index contributed by atoms with van der Waals surface area (Å²) >= 11 is 0. The molecule has 0 unspecified atom stereocenters. The zero-order chi connectivity index (χ0) is 40.1. The van der Waals surface area contributed by atoms with Crippen molar-refractivity contribution in [1.29, 1.82) is 0 Å². The molecule has 0 aromatic heterocycles. The molecule has 3 aromatic rings. The molecule has 0 fully saturated rings. The molecule has 0 aliphatic heterocycles. The van der Waals surface area contributed by atoms with Gasteiger partial charge in [0.05, 0.1) is 7.11 Å². The molecule has 5 amide bonds. The summed E-state index contributed by atoms with van der Waals surface area (Å²) in [7, 11) is 1.19. The molecule has 0 bridgehead atoms. The minimum absolute atomic E-state index is 0.00937. The zero-order valence-electron chi connectivity index (χ0n) is 31.9. The molecule has 3 aromatic carbocycles. The Morgan fingerprint density at radius 1 is 0.630 bits per heavy atom. The summed E-state index contributed by atoms with van der Waals surface area (Å²) in [4.78, 5) is 80.4. The lowest BCUT2D eigenvalue weighted by molar-refractivity contribution is -0.149. The lowest BCUT2D eigenvalue weighted by Gasteiger charge is -2.28. The first kappa shape index (κ1) is 42.2. The van der Waals surface area contributed by atoms with E-state index in [2.05, 4.69) is 26.6 Å². The van der Waals surface area contributed by atoms with E-state index < -0.39 is 58.4 Å². The van der Waals surface area contributed by atoms with Gasteiger partial charge in [0.2, 0.25) is 11.8 Å². The SMILES string of the molecule is COC(=O)C(C)(C)NC(=O)/C(=C\c1ccccc1)NC(=O)[C@H](Cc1ccccc1)NC(=O)/C(=C/c1ccccc1)NC(=O)C(C)(C)NC(=O)OC(C)(C)C.